The molecule has 0 aromatic heterocycles. The van der Waals surface area contributed by atoms with Crippen LogP contribution in [0, 0.1) is 34.5 Å². The highest BCUT2D eigenvalue weighted by atomic mass is 16.1. The van der Waals surface area contributed by atoms with E-state index in [1.165, 1.54) is 31.3 Å². The molecule has 0 spiro atoms. The maximum atomic E-state index is 12.1. The number of fused-ring (bicyclic) bond motifs is 5. The minimum atomic E-state index is 0.245. The van der Waals surface area contributed by atoms with Gasteiger partial charge in [-0.15, -0.1) is 0 Å². The van der Waals surface area contributed by atoms with Crippen LogP contribution in [0.3, 0.4) is 0 Å². The summed E-state index contributed by atoms with van der Waals surface area (Å²) in [5, 5.41) is 0. The molecule has 0 N–H and O–H groups in total. The van der Waals surface area contributed by atoms with Crippen LogP contribution >= 0.6 is 0 Å². The van der Waals surface area contributed by atoms with Gasteiger partial charge in [0.25, 0.3) is 0 Å². The molecule has 6 atom stereocenters. The molecule has 2 heteroatoms. The smallest absolute Gasteiger partial charge is 0.155 e. The molecule has 0 aromatic carbocycles. The summed E-state index contributed by atoms with van der Waals surface area (Å²) in [6.07, 6.45) is 10.9. The summed E-state index contributed by atoms with van der Waals surface area (Å²) in [5.74, 6) is 3.29. The molecule has 4 aliphatic carbocycles. The Kier molecular flexibility index (Phi) is 3.42. The summed E-state index contributed by atoms with van der Waals surface area (Å²) in [6, 6.07) is 0. The van der Waals surface area contributed by atoms with Gasteiger partial charge in [0.15, 0.2) is 5.78 Å². The van der Waals surface area contributed by atoms with Gasteiger partial charge in [-0.25, -0.2) is 0 Å². The molecule has 0 aliphatic heterocycles. The van der Waals surface area contributed by atoms with Crippen LogP contribution in [0.1, 0.15) is 72.1 Å². The van der Waals surface area contributed by atoms with Gasteiger partial charge in [0.1, 0.15) is 5.78 Å². The third-order valence-corrected chi connectivity index (χ3v) is 8.45. The molecule has 0 radical (unpaired) electrons. The Morgan fingerprint density at radius 3 is 2.57 bits per heavy atom. The van der Waals surface area contributed by atoms with Crippen molar-refractivity contribution in [2.24, 2.45) is 34.5 Å². The summed E-state index contributed by atoms with van der Waals surface area (Å²) in [5.41, 5.74) is 1.95. The lowest BCUT2D eigenvalue weighted by Gasteiger charge is -2.58. The molecule has 0 saturated heterocycles. The number of hydrogen-bond donors (Lipinski definition) is 0. The Hall–Kier alpha value is -0.920. The predicted octanol–water partition coefficient (Wildman–Crippen LogP) is 4.72. The number of hydrogen-bond acceptors (Lipinski definition) is 2. The maximum absolute atomic E-state index is 12.1. The zero-order valence-corrected chi connectivity index (χ0v) is 14.9. The minimum Gasteiger partial charge on any atom is -0.300 e. The van der Waals surface area contributed by atoms with Gasteiger partial charge in [0.2, 0.25) is 0 Å². The first-order chi connectivity index (χ1) is 10.9. The van der Waals surface area contributed by atoms with E-state index in [0.29, 0.717) is 17.5 Å². The maximum Gasteiger partial charge on any atom is 0.155 e. The normalized spacial score (nSPS) is 49.0. The third kappa shape index (κ3) is 2.06. The van der Waals surface area contributed by atoms with Gasteiger partial charge in [0, 0.05) is 12.3 Å². The highest BCUT2D eigenvalue weighted by Gasteiger charge is 2.59. The third-order valence-electron chi connectivity index (χ3n) is 8.45. The fraction of sp³-hybridized carbons (Fsp3) is 0.810. The summed E-state index contributed by atoms with van der Waals surface area (Å²) in [7, 11) is 0. The lowest BCUT2D eigenvalue weighted by atomic mass is 9.47. The average molecular weight is 314 g/mol. The molecule has 0 amide bonds. The van der Waals surface area contributed by atoms with E-state index in [1.54, 1.807) is 6.92 Å². The van der Waals surface area contributed by atoms with E-state index in [1.807, 2.05) is 6.08 Å². The van der Waals surface area contributed by atoms with E-state index >= 15 is 0 Å². The van der Waals surface area contributed by atoms with Gasteiger partial charge in [0.05, 0.1) is 0 Å². The van der Waals surface area contributed by atoms with E-state index in [9.17, 15) is 9.59 Å². The number of allylic oxidation sites excluding steroid dienone is 1. The van der Waals surface area contributed by atoms with Crippen LogP contribution in [-0.4, -0.2) is 11.6 Å². The summed E-state index contributed by atoms with van der Waals surface area (Å²) >= 11 is 0. The first-order valence-electron chi connectivity index (χ1n) is 9.60. The van der Waals surface area contributed by atoms with E-state index < -0.39 is 0 Å². The topological polar surface area (TPSA) is 34.1 Å². The van der Waals surface area contributed by atoms with Crippen molar-refractivity contribution in [1.29, 1.82) is 0 Å². The SMILES string of the molecule is CC(=O)C1CCC2C3CCC4=CC(=O)CCC4(C)C3CC[C@]12C. The van der Waals surface area contributed by atoms with Crippen molar-refractivity contribution in [3.8, 4) is 0 Å². The van der Waals surface area contributed by atoms with E-state index in [0.717, 1.165) is 43.4 Å². The molecule has 4 aliphatic rings. The zero-order chi connectivity index (χ0) is 16.4. The average Bonchev–Trinajstić information content (AvgIpc) is 2.85. The number of rotatable bonds is 1. The zero-order valence-electron chi connectivity index (χ0n) is 14.9. The molecule has 5 unspecified atom stereocenters. The second-order valence-electron chi connectivity index (χ2n) is 9.25. The van der Waals surface area contributed by atoms with Crippen molar-refractivity contribution in [3.05, 3.63) is 11.6 Å². The summed E-state index contributed by atoms with van der Waals surface area (Å²) in [6.45, 7) is 6.65. The Bertz CT molecular complexity index is 589. The van der Waals surface area contributed by atoms with Crippen molar-refractivity contribution in [1.82, 2.24) is 0 Å². The fourth-order valence-corrected chi connectivity index (χ4v) is 7.23. The highest BCUT2D eigenvalue weighted by Crippen LogP contribution is 2.66. The second-order valence-corrected chi connectivity index (χ2v) is 9.25. The molecule has 0 heterocycles. The second kappa shape index (κ2) is 5.04. The van der Waals surface area contributed by atoms with Gasteiger partial charge in [-0.05, 0) is 86.5 Å². The van der Waals surface area contributed by atoms with Crippen molar-refractivity contribution in [3.63, 3.8) is 0 Å². The van der Waals surface area contributed by atoms with Crippen LogP contribution in [0.4, 0.5) is 0 Å². The van der Waals surface area contributed by atoms with Gasteiger partial charge in [-0.3, -0.25) is 9.59 Å². The molecule has 4 rings (SSSR count). The lowest BCUT2D eigenvalue weighted by molar-refractivity contribution is -0.128. The molecule has 23 heavy (non-hydrogen) atoms. The van der Waals surface area contributed by atoms with Gasteiger partial charge < -0.3 is 0 Å². The molecule has 2 nitrogen and oxygen atoms in total. The monoisotopic (exact) mass is 314 g/mol. The molecule has 126 valence electrons. The van der Waals surface area contributed by atoms with Crippen molar-refractivity contribution in [2.75, 3.05) is 0 Å². The molecule has 0 bridgehead atoms. The Morgan fingerprint density at radius 2 is 1.83 bits per heavy atom. The molecule has 3 fully saturated rings. The number of carbonyl (C=O) groups is 2. The van der Waals surface area contributed by atoms with Crippen LogP contribution in [0.15, 0.2) is 11.6 Å². The van der Waals surface area contributed by atoms with Gasteiger partial charge in [-0.1, -0.05) is 19.4 Å². The van der Waals surface area contributed by atoms with Gasteiger partial charge >= 0.3 is 0 Å². The molecular weight excluding hydrogens is 284 g/mol. The fourth-order valence-electron chi connectivity index (χ4n) is 7.23. The van der Waals surface area contributed by atoms with Crippen molar-refractivity contribution in [2.45, 2.75) is 72.1 Å². The largest absolute Gasteiger partial charge is 0.300 e. The quantitative estimate of drug-likeness (QED) is 0.701. The van der Waals surface area contributed by atoms with Crippen LogP contribution < -0.4 is 0 Å². The highest BCUT2D eigenvalue weighted by molar-refractivity contribution is 5.91. The van der Waals surface area contributed by atoms with Crippen molar-refractivity contribution < 1.29 is 9.59 Å². The minimum absolute atomic E-state index is 0.245. The van der Waals surface area contributed by atoms with Gasteiger partial charge in [-0.2, -0.15) is 0 Å². The molecular formula is C21H30O2. The summed E-state index contributed by atoms with van der Waals surface area (Å²) in [4.78, 5) is 24.0. The molecule has 3 saturated carbocycles. The first kappa shape index (κ1) is 15.6. The van der Waals surface area contributed by atoms with Crippen molar-refractivity contribution >= 4 is 11.6 Å². The standard InChI is InChI=1S/C21H30O2/c1-13(22)17-6-7-18-16-5-4-14-12-15(23)8-10-20(14,2)19(16)9-11-21(17,18)3/h12,16-19H,4-11H2,1-3H3/t16?,17?,18?,19?,20?,21-/m1/s1. The number of ketones is 2. The van der Waals surface area contributed by atoms with E-state index in [4.69, 9.17) is 0 Å². The van der Waals surface area contributed by atoms with E-state index in [-0.39, 0.29) is 10.8 Å². The Labute approximate surface area is 140 Å². The predicted molar refractivity (Wildman–Crippen MR) is 90.9 cm³/mol. The molecule has 0 aromatic rings. The van der Waals surface area contributed by atoms with Crippen LogP contribution in [0.25, 0.3) is 0 Å². The summed E-state index contributed by atoms with van der Waals surface area (Å²) < 4.78 is 0. The number of carbonyl (C=O) groups excluding carboxylic acids is 2. The Morgan fingerprint density at radius 1 is 1.04 bits per heavy atom. The lowest BCUT2D eigenvalue weighted by Crippen LogP contribution is -2.51. The van der Waals surface area contributed by atoms with Crippen LogP contribution in [0.5, 0.6) is 0 Å². The van der Waals surface area contributed by atoms with E-state index in [2.05, 4.69) is 13.8 Å². The van der Waals surface area contributed by atoms with Crippen LogP contribution in [-0.2, 0) is 9.59 Å². The number of Topliss-reactive ketones (excluding diaryl/α,β-unsaturated/α-hetero) is 1. The first-order valence-corrected chi connectivity index (χ1v) is 9.60. The Balaban J connectivity index is 1.67. The van der Waals surface area contributed by atoms with Crippen LogP contribution in [0.2, 0.25) is 0 Å².